The molecule has 0 N–H and O–H groups in total. The van der Waals surface area contributed by atoms with Gasteiger partial charge in [-0.15, -0.1) is 22.6 Å². The van der Waals surface area contributed by atoms with Gasteiger partial charge in [0.15, 0.2) is 17.3 Å². The predicted molar refractivity (Wildman–Crippen MR) is 128 cm³/mol. The quantitative estimate of drug-likeness (QED) is 0.176. The van der Waals surface area contributed by atoms with Crippen molar-refractivity contribution in [1.29, 1.82) is 0 Å². The van der Waals surface area contributed by atoms with Crippen LogP contribution in [0.3, 0.4) is 0 Å². The SMILES string of the molecule is Cc1ncoc1-c1nnc(SCCCN2C[C@@H]3C[C@]3(c3ccc(S(F)(F)(F)(F)F)cc3)C2)n1C.Cl. The van der Waals surface area contributed by atoms with Gasteiger partial charge in [-0.05, 0) is 49.9 Å². The summed E-state index contributed by atoms with van der Waals surface area (Å²) in [6.07, 6.45) is 3.16. The molecule has 0 spiro atoms. The minimum Gasteiger partial charge on any atom is -0.440 e. The summed E-state index contributed by atoms with van der Waals surface area (Å²) < 4.78 is 72.3. The molecule has 2 fully saturated rings. The largest absolute Gasteiger partial charge is 0.440 e. The normalized spacial score (nSPS) is 23.9. The van der Waals surface area contributed by atoms with Gasteiger partial charge in [0.2, 0.25) is 5.82 Å². The molecule has 2 aromatic heterocycles. The highest BCUT2D eigenvalue weighted by Crippen LogP contribution is 3.02. The highest BCUT2D eigenvalue weighted by Gasteiger charge is 2.66. The van der Waals surface area contributed by atoms with Gasteiger partial charge in [0.25, 0.3) is 0 Å². The molecule has 3 heterocycles. The molecule has 1 saturated carbocycles. The van der Waals surface area contributed by atoms with E-state index in [2.05, 4.69) is 20.1 Å². The Morgan fingerprint density at radius 2 is 1.86 bits per heavy atom. The summed E-state index contributed by atoms with van der Waals surface area (Å²) in [5.74, 6) is 2.40. The van der Waals surface area contributed by atoms with Crippen molar-refractivity contribution in [1.82, 2.24) is 24.6 Å². The first-order valence-corrected chi connectivity index (χ1v) is 13.7. The Morgan fingerprint density at radius 1 is 1.14 bits per heavy atom. The number of aromatic nitrogens is 4. The standard InChI is InChI=1S/C21H24F5N5OS2.ClH/c1-14-18(32-13-27-14)19-28-29-20(30(19)2)33-9-3-8-31-11-16-10-21(16,12-31)15-4-6-17(7-5-15)34(22,23,24,25)26;/h4-7,13,16H,3,8-12H2,1-2H3;1H/t16-,21+;/m0./s1. The molecule has 0 radical (unpaired) electrons. The topological polar surface area (TPSA) is 60.0 Å². The van der Waals surface area contributed by atoms with E-state index in [1.165, 1.54) is 18.5 Å². The van der Waals surface area contributed by atoms with Crippen LogP contribution in [0.5, 0.6) is 0 Å². The second-order valence-electron chi connectivity index (χ2n) is 9.12. The van der Waals surface area contributed by atoms with Crippen LogP contribution in [0.2, 0.25) is 0 Å². The number of nitrogens with zero attached hydrogens (tertiary/aromatic N) is 5. The fourth-order valence-electron chi connectivity index (χ4n) is 4.85. The number of hydrogen-bond donors (Lipinski definition) is 0. The lowest BCUT2D eigenvalue weighted by Crippen LogP contribution is -2.28. The van der Waals surface area contributed by atoms with Crippen molar-refractivity contribution >= 4 is 34.4 Å². The number of piperidine rings is 1. The van der Waals surface area contributed by atoms with Crippen molar-refractivity contribution in [3.8, 4) is 11.6 Å². The van der Waals surface area contributed by atoms with Crippen LogP contribution in [0.25, 0.3) is 11.6 Å². The van der Waals surface area contributed by atoms with Gasteiger partial charge in [0, 0.05) is 31.3 Å². The number of oxazole rings is 1. The maximum absolute atomic E-state index is 13.0. The fraction of sp³-hybridized carbons (Fsp3) is 0.476. The lowest BCUT2D eigenvalue weighted by molar-refractivity contribution is 0.299. The van der Waals surface area contributed by atoms with Crippen molar-refractivity contribution in [3.05, 3.63) is 41.9 Å². The highest BCUT2D eigenvalue weighted by molar-refractivity contribution is 8.45. The smallest absolute Gasteiger partial charge is 0.310 e. The summed E-state index contributed by atoms with van der Waals surface area (Å²) in [4.78, 5) is 4.55. The van der Waals surface area contributed by atoms with Crippen LogP contribution in [0.15, 0.2) is 45.1 Å². The first-order chi connectivity index (χ1) is 15.8. The van der Waals surface area contributed by atoms with E-state index in [4.69, 9.17) is 4.42 Å². The summed E-state index contributed by atoms with van der Waals surface area (Å²) in [6, 6.07) is 3.54. The number of halogens is 6. The molecule has 35 heavy (non-hydrogen) atoms. The molecule has 5 rings (SSSR count). The van der Waals surface area contributed by atoms with E-state index in [9.17, 15) is 19.4 Å². The Kier molecular flexibility index (Phi) is 6.06. The van der Waals surface area contributed by atoms with E-state index >= 15 is 0 Å². The van der Waals surface area contributed by atoms with Crippen molar-refractivity contribution in [2.75, 3.05) is 25.4 Å². The Labute approximate surface area is 209 Å². The van der Waals surface area contributed by atoms with Gasteiger partial charge < -0.3 is 13.9 Å². The van der Waals surface area contributed by atoms with E-state index in [-0.39, 0.29) is 17.8 Å². The van der Waals surface area contributed by atoms with Crippen molar-refractivity contribution in [2.45, 2.75) is 35.2 Å². The molecule has 1 aliphatic heterocycles. The molecule has 0 bridgehead atoms. The molecule has 1 aromatic carbocycles. The molecule has 6 nitrogen and oxygen atoms in total. The second kappa shape index (κ2) is 8.09. The van der Waals surface area contributed by atoms with Gasteiger partial charge in [-0.3, -0.25) is 0 Å². The van der Waals surface area contributed by atoms with E-state index in [0.29, 0.717) is 35.2 Å². The van der Waals surface area contributed by atoms with Crippen LogP contribution < -0.4 is 0 Å². The molecule has 1 saturated heterocycles. The summed E-state index contributed by atoms with van der Waals surface area (Å²) in [5.41, 5.74) is 1.25. The third-order valence-corrected chi connectivity index (χ3v) is 8.99. The van der Waals surface area contributed by atoms with Crippen LogP contribution in [-0.4, -0.2) is 50.0 Å². The lowest BCUT2D eigenvalue weighted by atomic mass is 9.95. The van der Waals surface area contributed by atoms with Gasteiger partial charge in [-0.1, -0.05) is 43.3 Å². The molecule has 0 amide bonds. The predicted octanol–water partition coefficient (Wildman–Crippen LogP) is 6.61. The maximum atomic E-state index is 13.0. The van der Waals surface area contributed by atoms with Crippen LogP contribution in [0, 0.1) is 12.8 Å². The van der Waals surface area contributed by atoms with Gasteiger partial charge >= 0.3 is 10.2 Å². The molecule has 194 valence electrons. The Balaban J connectivity index is 0.00000289. The zero-order valence-corrected chi connectivity index (χ0v) is 21.4. The molecule has 3 aromatic rings. The van der Waals surface area contributed by atoms with Gasteiger partial charge in [0.05, 0.1) is 5.69 Å². The van der Waals surface area contributed by atoms with Crippen molar-refractivity contribution < 1.29 is 23.8 Å². The third-order valence-electron chi connectivity index (χ3n) is 6.72. The molecule has 14 heteroatoms. The van der Waals surface area contributed by atoms with E-state index in [1.54, 1.807) is 11.8 Å². The van der Waals surface area contributed by atoms with E-state index < -0.39 is 15.1 Å². The minimum absolute atomic E-state index is 0. The van der Waals surface area contributed by atoms with Crippen molar-refractivity contribution in [3.63, 3.8) is 0 Å². The third kappa shape index (κ3) is 5.05. The summed E-state index contributed by atoms with van der Waals surface area (Å²) in [6.45, 7) is 4.29. The number of benzene rings is 1. The van der Waals surface area contributed by atoms with Crippen LogP contribution in [0.1, 0.15) is 24.1 Å². The number of thioether (sulfide) groups is 1. The zero-order chi connectivity index (χ0) is 24.4. The summed E-state index contributed by atoms with van der Waals surface area (Å²) >= 11 is 1.59. The molecule has 2 atom stereocenters. The second-order valence-corrected chi connectivity index (χ2v) is 12.6. The molecular formula is C21H25ClF5N5OS2. The van der Waals surface area contributed by atoms with E-state index in [0.717, 1.165) is 49.1 Å². The fourth-order valence-corrected chi connectivity index (χ4v) is 6.34. The van der Waals surface area contributed by atoms with Gasteiger partial charge in [-0.25, -0.2) is 4.98 Å². The van der Waals surface area contributed by atoms with E-state index in [1.807, 2.05) is 18.5 Å². The van der Waals surface area contributed by atoms with Crippen LogP contribution >= 0.6 is 34.4 Å². The lowest BCUT2D eigenvalue weighted by Gasteiger charge is -2.40. The van der Waals surface area contributed by atoms with Crippen LogP contribution in [0.4, 0.5) is 19.4 Å². The molecule has 0 unspecified atom stereocenters. The Bertz CT molecular complexity index is 1230. The average molecular weight is 558 g/mol. The average Bonchev–Trinajstić information content (AvgIpc) is 3.05. The number of hydrogen-bond acceptors (Lipinski definition) is 6. The number of aryl methyl sites for hydroxylation is 1. The molecular weight excluding hydrogens is 533 g/mol. The van der Waals surface area contributed by atoms with Gasteiger partial charge in [0.1, 0.15) is 4.90 Å². The number of likely N-dealkylation sites (tertiary alicyclic amines) is 1. The summed E-state index contributed by atoms with van der Waals surface area (Å²) in [5, 5.41) is 9.20. The van der Waals surface area contributed by atoms with Gasteiger partial charge in [-0.2, -0.15) is 0 Å². The number of fused-ring (bicyclic) bond motifs is 1. The molecule has 2 aliphatic rings. The van der Waals surface area contributed by atoms with Crippen molar-refractivity contribution in [2.24, 2.45) is 13.0 Å². The maximum Gasteiger partial charge on any atom is 0.310 e. The Hall–Kier alpha value is -1.83. The first kappa shape index (κ1) is 26.2. The first-order valence-electron chi connectivity index (χ1n) is 10.8. The zero-order valence-electron chi connectivity index (χ0n) is 19.0. The highest BCUT2D eigenvalue weighted by atomic mass is 35.5. The minimum atomic E-state index is -9.63. The monoisotopic (exact) mass is 557 g/mol. The Morgan fingerprint density at radius 3 is 2.49 bits per heavy atom. The van der Waals surface area contributed by atoms with Crippen LogP contribution in [-0.2, 0) is 12.5 Å². The number of rotatable bonds is 8. The molecule has 1 aliphatic carbocycles. The summed E-state index contributed by atoms with van der Waals surface area (Å²) in [7, 11) is -7.76.